The predicted molar refractivity (Wildman–Crippen MR) is 76.2 cm³/mol. The number of hydrogen-bond donors (Lipinski definition) is 1. The maximum atomic E-state index is 12.5. The molecular formula is C14H19NO4S. The van der Waals surface area contributed by atoms with E-state index < -0.39 is 5.97 Å². The van der Waals surface area contributed by atoms with Gasteiger partial charge in [-0.1, -0.05) is 0 Å². The highest BCUT2D eigenvalue weighted by molar-refractivity contribution is 7.12. The first kappa shape index (κ1) is 15.0. The number of carbonyl (C=O) groups excluding carboxylic acids is 1. The first-order valence-corrected chi connectivity index (χ1v) is 7.62. The highest BCUT2D eigenvalue weighted by atomic mass is 32.1. The number of amides is 1. The zero-order chi connectivity index (χ0) is 14.5. The molecule has 0 bridgehead atoms. The van der Waals surface area contributed by atoms with Crippen molar-refractivity contribution in [3.05, 3.63) is 21.9 Å². The van der Waals surface area contributed by atoms with Crippen LogP contribution in [0.1, 0.15) is 34.5 Å². The molecule has 1 unspecified atom stereocenters. The third-order valence-electron chi connectivity index (χ3n) is 3.39. The predicted octanol–water partition coefficient (Wildman–Crippen LogP) is 2.15. The van der Waals surface area contributed by atoms with Crippen molar-refractivity contribution in [3.8, 4) is 0 Å². The van der Waals surface area contributed by atoms with Crippen LogP contribution in [0.3, 0.4) is 0 Å². The van der Waals surface area contributed by atoms with Crippen molar-refractivity contribution in [1.29, 1.82) is 0 Å². The van der Waals surface area contributed by atoms with Crippen molar-refractivity contribution in [3.63, 3.8) is 0 Å². The maximum absolute atomic E-state index is 12.5. The molecule has 1 aromatic heterocycles. The van der Waals surface area contributed by atoms with Gasteiger partial charge < -0.3 is 14.7 Å². The zero-order valence-corrected chi connectivity index (χ0v) is 12.3. The van der Waals surface area contributed by atoms with E-state index in [4.69, 9.17) is 9.84 Å². The van der Waals surface area contributed by atoms with Crippen LogP contribution >= 0.6 is 11.3 Å². The van der Waals surface area contributed by atoms with Crippen molar-refractivity contribution in [2.24, 2.45) is 0 Å². The maximum Gasteiger partial charge on any atom is 0.305 e. The topological polar surface area (TPSA) is 66.8 Å². The summed E-state index contributed by atoms with van der Waals surface area (Å²) in [5, 5.41) is 10.7. The summed E-state index contributed by atoms with van der Waals surface area (Å²) in [5.41, 5.74) is 0.938. The first-order valence-electron chi connectivity index (χ1n) is 6.74. The molecule has 1 aromatic rings. The normalized spacial score (nSPS) is 18.1. The van der Waals surface area contributed by atoms with Gasteiger partial charge in [0.05, 0.1) is 17.4 Å². The van der Waals surface area contributed by atoms with Gasteiger partial charge >= 0.3 is 5.97 Å². The number of thiophene rings is 1. The van der Waals surface area contributed by atoms with Crippen LogP contribution < -0.4 is 0 Å². The highest BCUT2D eigenvalue weighted by Gasteiger charge is 2.25. The molecule has 1 atom stereocenters. The van der Waals surface area contributed by atoms with Crippen LogP contribution in [-0.2, 0) is 9.53 Å². The van der Waals surface area contributed by atoms with Crippen LogP contribution in [0.5, 0.6) is 0 Å². The standard InChI is InChI=1S/C14H19NO4S/c1-10-5-8-20-13(10)14(18)15(6-4-12(16)17)9-11-3-2-7-19-11/h5,8,11H,2-4,6-7,9H2,1H3,(H,16,17). The number of carboxylic acid groups (broad SMARTS) is 1. The lowest BCUT2D eigenvalue weighted by atomic mass is 10.2. The first-order chi connectivity index (χ1) is 9.58. The number of nitrogens with zero attached hydrogens (tertiary/aromatic N) is 1. The quantitative estimate of drug-likeness (QED) is 0.873. The molecule has 1 saturated heterocycles. The third kappa shape index (κ3) is 3.80. The number of aliphatic carboxylic acids is 1. The van der Waals surface area contributed by atoms with Crippen molar-refractivity contribution >= 4 is 23.2 Å². The van der Waals surface area contributed by atoms with E-state index in [1.807, 2.05) is 18.4 Å². The molecule has 110 valence electrons. The number of rotatable bonds is 6. The SMILES string of the molecule is Cc1ccsc1C(=O)N(CCC(=O)O)CC1CCCO1. The Morgan fingerprint density at radius 1 is 1.55 bits per heavy atom. The molecule has 2 rings (SSSR count). The van der Waals surface area contributed by atoms with Gasteiger partial charge in [0, 0.05) is 19.7 Å². The number of ether oxygens (including phenoxy) is 1. The third-order valence-corrected chi connectivity index (χ3v) is 4.39. The van der Waals surface area contributed by atoms with E-state index >= 15 is 0 Å². The highest BCUT2D eigenvalue weighted by Crippen LogP contribution is 2.20. The van der Waals surface area contributed by atoms with E-state index in [0.29, 0.717) is 11.4 Å². The van der Waals surface area contributed by atoms with E-state index in [1.54, 1.807) is 4.90 Å². The Balaban J connectivity index is 2.05. The number of carboxylic acids is 1. The van der Waals surface area contributed by atoms with Crippen molar-refractivity contribution in [1.82, 2.24) is 4.90 Å². The number of aryl methyl sites for hydroxylation is 1. The van der Waals surface area contributed by atoms with Gasteiger partial charge in [-0.25, -0.2) is 0 Å². The molecule has 5 nitrogen and oxygen atoms in total. The summed E-state index contributed by atoms with van der Waals surface area (Å²) in [6.07, 6.45) is 1.93. The Morgan fingerprint density at radius 2 is 2.35 bits per heavy atom. The summed E-state index contributed by atoms with van der Waals surface area (Å²) in [6.45, 7) is 3.32. The molecular weight excluding hydrogens is 278 g/mol. The minimum atomic E-state index is -0.891. The van der Waals surface area contributed by atoms with Gasteiger partial charge in [0.2, 0.25) is 0 Å². The Kier molecular flexibility index (Phi) is 5.14. The Bertz CT molecular complexity index is 479. The Hall–Kier alpha value is -1.40. The van der Waals surface area contributed by atoms with Crippen LogP contribution in [0.15, 0.2) is 11.4 Å². The molecule has 0 aromatic carbocycles. The van der Waals surface area contributed by atoms with E-state index in [2.05, 4.69) is 0 Å². The van der Waals surface area contributed by atoms with Gasteiger partial charge in [0.15, 0.2) is 0 Å². The average molecular weight is 297 g/mol. The van der Waals surface area contributed by atoms with Gasteiger partial charge in [-0.05, 0) is 36.8 Å². The van der Waals surface area contributed by atoms with Crippen LogP contribution in [-0.4, -0.2) is 47.7 Å². The second-order valence-electron chi connectivity index (χ2n) is 4.96. The van der Waals surface area contributed by atoms with E-state index in [-0.39, 0.29) is 25.0 Å². The van der Waals surface area contributed by atoms with Gasteiger partial charge in [0.25, 0.3) is 5.91 Å². The molecule has 1 aliphatic heterocycles. The molecule has 0 aliphatic carbocycles. The van der Waals surface area contributed by atoms with E-state index in [9.17, 15) is 9.59 Å². The lowest BCUT2D eigenvalue weighted by Gasteiger charge is -2.24. The molecule has 2 heterocycles. The lowest BCUT2D eigenvalue weighted by molar-refractivity contribution is -0.137. The van der Waals surface area contributed by atoms with Gasteiger partial charge in [0.1, 0.15) is 0 Å². The molecule has 1 fully saturated rings. The van der Waals surface area contributed by atoms with E-state index in [1.165, 1.54) is 11.3 Å². The largest absolute Gasteiger partial charge is 0.481 e. The van der Waals surface area contributed by atoms with Gasteiger partial charge in [-0.2, -0.15) is 0 Å². The molecule has 1 amide bonds. The summed E-state index contributed by atoms with van der Waals surface area (Å²) in [6, 6.07) is 1.90. The van der Waals surface area contributed by atoms with Crippen LogP contribution in [0.2, 0.25) is 0 Å². The molecule has 6 heteroatoms. The summed E-state index contributed by atoms with van der Waals surface area (Å²) in [4.78, 5) is 25.6. The minimum absolute atomic E-state index is 0.0352. The van der Waals surface area contributed by atoms with Gasteiger partial charge in [-0.15, -0.1) is 11.3 Å². The fourth-order valence-electron chi connectivity index (χ4n) is 2.28. The second-order valence-corrected chi connectivity index (χ2v) is 5.88. The molecule has 0 spiro atoms. The number of carbonyl (C=O) groups is 2. The van der Waals surface area contributed by atoms with Crippen LogP contribution in [0, 0.1) is 6.92 Å². The molecule has 0 radical (unpaired) electrons. The molecule has 0 saturated carbocycles. The van der Waals surface area contributed by atoms with Crippen molar-refractivity contribution in [2.75, 3.05) is 19.7 Å². The lowest BCUT2D eigenvalue weighted by Crippen LogP contribution is -2.38. The molecule has 1 aliphatic rings. The summed E-state index contributed by atoms with van der Waals surface area (Å²) < 4.78 is 5.55. The van der Waals surface area contributed by atoms with Crippen molar-refractivity contribution in [2.45, 2.75) is 32.3 Å². The Morgan fingerprint density at radius 3 is 2.90 bits per heavy atom. The molecule has 1 N–H and O–H groups in total. The average Bonchev–Trinajstić information content (AvgIpc) is 3.04. The van der Waals surface area contributed by atoms with Crippen LogP contribution in [0.4, 0.5) is 0 Å². The Labute approximate surface area is 122 Å². The summed E-state index contributed by atoms with van der Waals surface area (Å²) in [5.74, 6) is -0.979. The molecule has 20 heavy (non-hydrogen) atoms. The van der Waals surface area contributed by atoms with Crippen LogP contribution in [0.25, 0.3) is 0 Å². The van der Waals surface area contributed by atoms with Crippen molar-refractivity contribution < 1.29 is 19.4 Å². The second kappa shape index (κ2) is 6.85. The monoisotopic (exact) mass is 297 g/mol. The zero-order valence-electron chi connectivity index (χ0n) is 11.5. The summed E-state index contributed by atoms with van der Waals surface area (Å²) >= 11 is 1.40. The smallest absolute Gasteiger partial charge is 0.305 e. The fraction of sp³-hybridized carbons (Fsp3) is 0.571. The van der Waals surface area contributed by atoms with E-state index in [0.717, 1.165) is 25.0 Å². The fourth-order valence-corrected chi connectivity index (χ4v) is 3.17. The minimum Gasteiger partial charge on any atom is -0.481 e. The number of hydrogen-bond acceptors (Lipinski definition) is 4. The summed E-state index contributed by atoms with van der Waals surface area (Å²) in [7, 11) is 0. The van der Waals surface area contributed by atoms with Gasteiger partial charge in [-0.3, -0.25) is 9.59 Å².